The van der Waals surface area contributed by atoms with Gasteiger partial charge in [-0.05, 0) is 63.2 Å². The number of amides is 4. The summed E-state index contributed by atoms with van der Waals surface area (Å²) >= 11 is 1.60. The topological polar surface area (TPSA) is 91.0 Å². The number of carbonyl (C=O) groups is 3. The highest BCUT2D eigenvalue weighted by Crippen LogP contribution is 2.38. The molecular formula is C23H34N4O4S. The van der Waals surface area contributed by atoms with Gasteiger partial charge in [0.1, 0.15) is 5.54 Å². The van der Waals surface area contributed by atoms with Crippen LogP contribution in [0.15, 0.2) is 12.1 Å². The Labute approximate surface area is 193 Å². The summed E-state index contributed by atoms with van der Waals surface area (Å²) in [6, 6.07) is 3.75. The van der Waals surface area contributed by atoms with Crippen molar-refractivity contribution in [1.82, 2.24) is 15.1 Å². The monoisotopic (exact) mass is 462 g/mol. The second-order valence-corrected chi connectivity index (χ2v) is 10.4. The first-order valence-electron chi connectivity index (χ1n) is 11.8. The Balaban J connectivity index is 1.37. The summed E-state index contributed by atoms with van der Waals surface area (Å²) in [5.41, 5.74) is -0.780. The molecule has 4 rings (SSSR count). The number of carbonyl (C=O) groups excluding carboxylic acids is 3. The third-order valence-electron chi connectivity index (χ3n) is 6.88. The summed E-state index contributed by atoms with van der Waals surface area (Å²) in [5.74, 6) is 0.0247. The van der Waals surface area contributed by atoms with Crippen molar-refractivity contribution < 1.29 is 19.1 Å². The molecule has 1 aromatic heterocycles. The predicted molar refractivity (Wildman–Crippen MR) is 123 cm³/mol. The summed E-state index contributed by atoms with van der Waals surface area (Å²) < 4.78 is 5.68. The van der Waals surface area contributed by atoms with E-state index in [0.717, 1.165) is 56.7 Å². The minimum absolute atomic E-state index is 0.0304. The van der Waals surface area contributed by atoms with Crippen LogP contribution in [0.25, 0.3) is 0 Å². The highest BCUT2D eigenvalue weighted by atomic mass is 32.1. The third-order valence-corrected chi connectivity index (χ3v) is 7.87. The first kappa shape index (κ1) is 23.2. The Hall–Kier alpha value is -1.97. The Morgan fingerprint density at radius 3 is 2.72 bits per heavy atom. The minimum Gasteiger partial charge on any atom is -0.376 e. The highest BCUT2D eigenvalue weighted by molar-refractivity contribution is 7.16. The van der Waals surface area contributed by atoms with Crippen molar-refractivity contribution in [2.24, 2.45) is 5.92 Å². The molecule has 0 radical (unpaired) electrons. The molecule has 3 fully saturated rings. The van der Waals surface area contributed by atoms with Gasteiger partial charge in [-0.15, -0.1) is 11.3 Å². The standard InChI is InChI=1S/C23H34N4O4S/c1-3-10-23(21(29)27(22(30)25-23)14-18-5-4-13-31-18)17-8-11-26(12-9-17)15-19-6-7-20(32-19)24-16(2)28/h6-7,17-18H,3-5,8-15H2,1-2H3,(H,24,28)(H,25,30)/t18-,23+/m0/s1. The Kier molecular flexibility index (Phi) is 7.17. The zero-order chi connectivity index (χ0) is 22.7. The van der Waals surface area contributed by atoms with Crippen LogP contribution >= 0.6 is 11.3 Å². The number of urea groups is 1. The second kappa shape index (κ2) is 9.89. The molecule has 0 spiro atoms. The molecule has 4 heterocycles. The van der Waals surface area contributed by atoms with Crippen LogP contribution in [0.5, 0.6) is 0 Å². The smallest absolute Gasteiger partial charge is 0.325 e. The number of hydrogen-bond acceptors (Lipinski definition) is 6. The first-order chi connectivity index (χ1) is 15.4. The lowest BCUT2D eigenvalue weighted by atomic mass is 9.74. The number of imide groups is 1. The van der Waals surface area contributed by atoms with Gasteiger partial charge in [0.05, 0.1) is 17.6 Å². The number of ether oxygens (including phenoxy) is 1. The van der Waals surface area contributed by atoms with E-state index >= 15 is 0 Å². The van der Waals surface area contributed by atoms with Gasteiger partial charge in [0, 0.05) is 25.0 Å². The van der Waals surface area contributed by atoms with Gasteiger partial charge in [0.15, 0.2) is 0 Å². The van der Waals surface area contributed by atoms with Crippen LogP contribution in [0.1, 0.15) is 57.2 Å². The maximum absolute atomic E-state index is 13.5. The lowest BCUT2D eigenvalue weighted by Crippen LogP contribution is -2.56. The van der Waals surface area contributed by atoms with Crippen molar-refractivity contribution in [3.8, 4) is 0 Å². The van der Waals surface area contributed by atoms with Gasteiger partial charge in [0.25, 0.3) is 5.91 Å². The molecule has 3 saturated heterocycles. The molecule has 3 aliphatic rings. The lowest BCUT2D eigenvalue weighted by Gasteiger charge is -2.41. The quantitative estimate of drug-likeness (QED) is 0.579. The van der Waals surface area contributed by atoms with Crippen molar-refractivity contribution in [1.29, 1.82) is 0 Å². The number of thiophene rings is 1. The minimum atomic E-state index is -0.780. The zero-order valence-corrected chi connectivity index (χ0v) is 19.8. The Morgan fingerprint density at radius 2 is 2.06 bits per heavy atom. The largest absolute Gasteiger partial charge is 0.376 e. The molecule has 4 amide bonds. The molecule has 176 valence electrons. The number of anilines is 1. The van der Waals surface area contributed by atoms with Crippen molar-refractivity contribution in [3.63, 3.8) is 0 Å². The molecule has 2 atom stereocenters. The molecule has 0 saturated carbocycles. The molecule has 0 aliphatic carbocycles. The summed E-state index contributed by atoms with van der Waals surface area (Å²) in [5, 5.41) is 6.83. The lowest BCUT2D eigenvalue weighted by molar-refractivity contribution is -0.135. The average Bonchev–Trinajstić information content (AvgIpc) is 3.47. The van der Waals surface area contributed by atoms with Gasteiger partial charge in [-0.3, -0.25) is 19.4 Å². The average molecular weight is 463 g/mol. The molecular weight excluding hydrogens is 428 g/mol. The fraction of sp³-hybridized carbons (Fsp3) is 0.696. The predicted octanol–water partition coefficient (Wildman–Crippen LogP) is 3.19. The van der Waals surface area contributed by atoms with E-state index in [1.54, 1.807) is 11.3 Å². The number of nitrogens with zero attached hydrogens (tertiary/aromatic N) is 2. The maximum atomic E-state index is 13.5. The van der Waals surface area contributed by atoms with Crippen LogP contribution in [0.4, 0.5) is 9.80 Å². The highest BCUT2D eigenvalue weighted by Gasteiger charge is 2.55. The number of rotatable bonds is 8. The molecule has 32 heavy (non-hydrogen) atoms. The molecule has 2 N–H and O–H groups in total. The van der Waals surface area contributed by atoms with Gasteiger partial charge in [-0.1, -0.05) is 13.3 Å². The van der Waals surface area contributed by atoms with Gasteiger partial charge >= 0.3 is 6.03 Å². The molecule has 0 bridgehead atoms. The van der Waals surface area contributed by atoms with E-state index in [1.807, 2.05) is 6.07 Å². The van der Waals surface area contributed by atoms with Gasteiger partial charge < -0.3 is 15.4 Å². The van der Waals surface area contributed by atoms with Gasteiger partial charge in [0.2, 0.25) is 5.91 Å². The molecule has 0 aromatic carbocycles. The molecule has 0 unspecified atom stereocenters. The normalized spacial score (nSPS) is 27.2. The first-order valence-corrected chi connectivity index (χ1v) is 12.6. The van der Waals surface area contributed by atoms with Gasteiger partial charge in [-0.2, -0.15) is 0 Å². The number of hydrogen-bond donors (Lipinski definition) is 2. The van der Waals surface area contributed by atoms with Crippen LogP contribution < -0.4 is 10.6 Å². The number of piperidine rings is 1. The summed E-state index contributed by atoms with van der Waals surface area (Å²) in [4.78, 5) is 42.6. The molecule has 8 nitrogen and oxygen atoms in total. The van der Waals surface area contributed by atoms with Gasteiger partial charge in [-0.25, -0.2) is 4.79 Å². The zero-order valence-electron chi connectivity index (χ0n) is 19.0. The van der Waals surface area contributed by atoms with E-state index in [9.17, 15) is 14.4 Å². The van der Waals surface area contributed by atoms with Crippen LogP contribution in [-0.4, -0.2) is 65.5 Å². The second-order valence-electron chi connectivity index (χ2n) is 9.20. The fourth-order valence-electron chi connectivity index (χ4n) is 5.36. The summed E-state index contributed by atoms with van der Waals surface area (Å²) in [6.45, 7) is 7.28. The van der Waals surface area contributed by atoms with Crippen LogP contribution in [0.3, 0.4) is 0 Å². The van der Waals surface area contributed by atoms with E-state index in [-0.39, 0.29) is 29.9 Å². The van der Waals surface area contributed by atoms with E-state index in [2.05, 4.69) is 28.5 Å². The fourth-order valence-corrected chi connectivity index (χ4v) is 6.35. The van der Waals surface area contributed by atoms with E-state index < -0.39 is 5.54 Å². The SMILES string of the molecule is CCC[C@]1(C2CCN(Cc3ccc(NC(C)=O)s3)CC2)NC(=O)N(C[C@@H]2CCCO2)C1=O. The van der Waals surface area contributed by atoms with Crippen molar-refractivity contribution in [2.45, 2.75) is 70.6 Å². The van der Waals surface area contributed by atoms with Crippen LogP contribution in [0, 0.1) is 5.92 Å². The molecule has 3 aliphatic heterocycles. The van der Waals surface area contributed by atoms with Crippen molar-refractivity contribution >= 4 is 34.2 Å². The van der Waals surface area contributed by atoms with Crippen LogP contribution in [0.2, 0.25) is 0 Å². The van der Waals surface area contributed by atoms with Crippen molar-refractivity contribution in [2.75, 3.05) is 31.6 Å². The number of likely N-dealkylation sites (tertiary alicyclic amines) is 1. The van der Waals surface area contributed by atoms with E-state index in [4.69, 9.17) is 4.74 Å². The maximum Gasteiger partial charge on any atom is 0.325 e. The molecule has 1 aromatic rings. The summed E-state index contributed by atoms with van der Waals surface area (Å²) in [7, 11) is 0. The Morgan fingerprint density at radius 1 is 1.28 bits per heavy atom. The third kappa shape index (κ3) is 4.84. The van der Waals surface area contributed by atoms with E-state index in [0.29, 0.717) is 19.6 Å². The number of nitrogens with one attached hydrogen (secondary N) is 2. The van der Waals surface area contributed by atoms with E-state index in [1.165, 1.54) is 16.7 Å². The van der Waals surface area contributed by atoms with Crippen LogP contribution in [-0.2, 0) is 20.9 Å². The summed E-state index contributed by atoms with van der Waals surface area (Å²) in [6.07, 6.45) is 5.15. The van der Waals surface area contributed by atoms with Crippen molar-refractivity contribution in [3.05, 3.63) is 17.0 Å². The molecule has 9 heteroatoms. The Bertz CT molecular complexity index is 845.